The maximum Gasteiger partial charge on any atom is 0.266 e. The van der Waals surface area contributed by atoms with Crippen LogP contribution in [0.3, 0.4) is 0 Å². The third-order valence-electron chi connectivity index (χ3n) is 5.29. The zero-order chi connectivity index (χ0) is 22.0. The van der Waals surface area contributed by atoms with E-state index in [1.165, 1.54) is 11.8 Å². The highest BCUT2D eigenvalue weighted by atomic mass is 32.2. The third-order valence-corrected chi connectivity index (χ3v) is 6.30. The van der Waals surface area contributed by atoms with Gasteiger partial charge in [0.1, 0.15) is 5.75 Å². The Kier molecular flexibility index (Phi) is 6.14. The number of thioether (sulfide) groups is 1. The highest BCUT2D eigenvalue weighted by Gasteiger charge is 2.32. The molecule has 3 aromatic carbocycles. The van der Waals surface area contributed by atoms with E-state index in [4.69, 9.17) is 9.73 Å². The van der Waals surface area contributed by atoms with Crippen molar-refractivity contribution in [3.8, 4) is 5.75 Å². The summed E-state index contributed by atoms with van der Waals surface area (Å²) in [5.41, 5.74) is 4.15. The lowest BCUT2D eigenvalue weighted by molar-refractivity contribution is -0.122. The van der Waals surface area contributed by atoms with E-state index < -0.39 is 0 Å². The van der Waals surface area contributed by atoms with E-state index in [-0.39, 0.29) is 5.91 Å². The molecule has 0 aromatic heterocycles. The van der Waals surface area contributed by atoms with Crippen molar-refractivity contribution >= 4 is 45.4 Å². The number of ether oxygens (including phenoxy) is 1. The number of fused-ring (bicyclic) bond motifs is 1. The summed E-state index contributed by atoms with van der Waals surface area (Å²) < 4.78 is 5.78. The largest absolute Gasteiger partial charge is 0.493 e. The minimum atomic E-state index is -0.00507. The predicted molar refractivity (Wildman–Crippen MR) is 131 cm³/mol. The Morgan fingerprint density at radius 3 is 2.55 bits per heavy atom. The SMILES string of the molecule is CCOc1ccc(/C=C2/SC(=Nc3cc(C)ccc3C)N(CC)C2=O)c2ccccc12. The first-order chi connectivity index (χ1) is 15.0. The molecule has 3 aromatic rings. The second kappa shape index (κ2) is 8.98. The molecule has 0 spiro atoms. The van der Waals surface area contributed by atoms with Crippen LogP contribution >= 0.6 is 11.8 Å². The number of aryl methyl sites for hydroxylation is 2. The number of carbonyl (C=O) groups excluding carboxylic acids is 1. The molecule has 4 nitrogen and oxygen atoms in total. The van der Waals surface area contributed by atoms with Gasteiger partial charge in [-0.15, -0.1) is 0 Å². The van der Waals surface area contributed by atoms with Gasteiger partial charge in [-0.3, -0.25) is 9.69 Å². The van der Waals surface area contributed by atoms with E-state index in [1.807, 2.05) is 51.1 Å². The molecule has 5 heteroatoms. The minimum Gasteiger partial charge on any atom is -0.493 e. The number of likely N-dealkylation sites (N-methyl/N-ethyl adjacent to an activating group) is 1. The van der Waals surface area contributed by atoms with Gasteiger partial charge in [0.2, 0.25) is 0 Å². The summed E-state index contributed by atoms with van der Waals surface area (Å²) in [5.74, 6) is 0.854. The van der Waals surface area contributed by atoms with Crippen molar-refractivity contribution < 1.29 is 9.53 Å². The van der Waals surface area contributed by atoms with Crippen molar-refractivity contribution in [2.75, 3.05) is 13.2 Å². The zero-order valence-electron chi connectivity index (χ0n) is 18.3. The molecule has 1 fully saturated rings. The minimum absolute atomic E-state index is 0.00507. The number of benzene rings is 3. The standard InChI is InChI=1S/C26H26N2O2S/c1-5-28-25(29)24(31-26(28)27-22-15-17(3)11-12-18(22)4)16-19-13-14-23(30-6-2)21-10-8-7-9-20(19)21/h7-16H,5-6H2,1-4H3/b24-16+,27-26?. The van der Waals surface area contributed by atoms with Gasteiger partial charge in [-0.05, 0) is 79.7 Å². The van der Waals surface area contributed by atoms with Crippen LogP contribution in [0.4, 0.5) is 5.69 Å². The Balaban J connectivity index is 1.76. The molecule has 1 aliphatic rings. The molecule has 0 N–H and O–H groups in total. The number of nitrogens with zero attached hydrogens (tertiary/aromatic N) is 2. The number of rotatable bonds is 5. The Morgan fingerprint density at radius 1 is 1.03 bits per heavy atom. The molecule has 0 aliphatic carbocycles. The molecule has 1 saturated heterocycles. The van der Waals surface area contributed by atoms with Gasteiger partial charge in [0.15, 0.2) is 5.17 Å². The summed E-state index contributed by atoms with van der Waals surface area (Å²) in [6, 6.07) is 18.3. The molecule has 0 bridgehead atoms. The van der Waals surface area contributed by atoms with Gasteiger partial charge < -0.3 is 4.74 Å². The molecule has 4 rings (SSSR count). The number of amidine groups is 1. The van der Waals surface area contributed by atoms with Crippen molar-refractivity contribution in [1.82, 2.24) is 4.90 Å². The van der Waals surface area contributed by atoms with E-state index in [0.717, 1.165) is 44.1 Å². The average molecular weight is 431 g/mol. The van der Waals surface area contributed by atoms with Crippen LogP contribution in [0.5, 0.6) is 5.75 Å². The Hall–Kier alpha value is -3.05. The van der Waals surface area contributed by atoms with Crippen LogP contribution < -0.4 is 4.74 Å². The topological polar surface area (TPSA) is 41.9 Å². The van der Waals surface area contributed by atoms with Crippen LogP contribution in [-0.4, -0.2) is 29.1 Å². The van der Waals surface area contributed by atoms with Gasteiger partial charge >= 0.3 is 0 Å². The molecule has 0 unspecified atom stereocenters. The fraction of sp³-hybridized carbons (Fsp3) is 0.231. The van der Waals surface area contributed by atoms with Gasteiger partial charge in [-0.2, -0.15) is 0 Å². The molecule has 0 saturated carbocycles. The van der Waals surface area contributed by atoms with Gasteiger partial charge in [0.25, 0.3) is 5.91 Å². The average Bonchev–Trinajstić information content (AvgIpc) is 3.06. The second-order valence-corrected chi connectivity index (χ2v) is 8.49. The molecule has 1 heterocycles. The van der Waals surface area contributed by atoms with Gasteiger partial charge in [0, 0.05) is 11.9 Å². The maximum absolute atomic E-state index is 13.1. The lowest BCUT2D eigenvalue weighted by Crippen LogP contribution is -2.28. The van der Waals surface area contributed by atoms with Gasteiger partial charge in [-0.25, -0.2) is 4.99 Å². The molecule has 0 atom stereocenters. The first kappa shape index (κ1) is 21.2. The van der Waals surface area contributed by atoms with E-state index in [0.29, 0.717) is 18.1 Å². The van der Waals surface area contributed by atoms with Crippen molar-refractivity contribution in [3.63, 3.8) is 0 Å². The van der Waals surface area contributed by atoms with Crippen LogP contribution in [0.2, 0.25) is 0 Å². The number of hydrogen-bond donors (Lipinski definition) is 0. The third kappa shape index (κ3) is 4.23. The second-order valence-electron chi connectivity index (χ2n) is 7.48. The fourth-order valence-corrected chi connectivity index (χ4v) is 4.70. The molecule has 158 valence electrons. The van der Waals surface area contributed by atoms with Crippen molar-refractivity contribution in [2.24, 2.45) is 4.99 Å². The quantitative estimate of drug-likeness (QED) is 0.435. The van der Waals surface area contributed by atoms with E-state index in [1.54, 1.807) is 4.90 Å². The van der Waals surface area contributed by atoms with Crippen LogP contribution in [-0.2, 0) is 4.79 Å². The smallest absolute Gasteiger partial charge is 0.266 e. The molecule has 1 aliphatic heterocycles. The number of carbonyl (C=O) groups is 1. The first-order valence-electron chi connectivity index (χ1n) is 10.5. The molecule has 0 radical (unpaired) electrons. The summed E-state index contributed by atoms with van der Waals surface area (Å²) in [4.78, 5) is 20.4. The van der Waals surface area contributed by atoms with Crippen LogP contribution in [0, 0.1) is 13.8 Å². The van der Waals surface area contributed by atoms with E-state index in [9.17, 15) is 4.79 Å². The van der Waals surface area contributed by atoms with Crippen molar-refractivity contribution in [2.45, 2.75) is 27.7 Å². The Bertz CT molecular complexity index is 1210. The number of amides is 1. The highest BCUT2D eigenvalue weighted by Crippen LogP contribution is 2.37. The van der Waals surface area contributed by atoms with Crippen molar-refractivity contribution in [3.05, 3.63) is 76.2 Å². The monoisotopic (exact) mass is 430 g/mol. The van der Waals surface area contributed by atoms with Gasteiger partial charge in [-0.1, -0.05) is 42.5 Å². The maximum atomic E-state index is 13.1. The molecule has 31 heavy (non-hydrogen) atoms. The molecular weight excluding hydrogens is 404 g/mol. The highest BCUT2D eigenvalue weighted by molar-refractivity contribution is 8.18. The normalized spacial score (nSPS) is 16.6. The van der Waals surface area contributed by atoms with Crippen molar-refractivity contribution in [1.29, 1.82) is 0 Å². The van der Waals surface area contributed by atoms with Crippen LogP contribution in [0.25, 0.3) is 16.8 Å². The molecule has 1 amide bonds. The fourth-order valence-electron chi connectivity index (χ4n) is 3.66. The predicted octanol–water partition coefficient (Wildman–Crippen LogP) is 6.48. The lowest BCUT2D eigenvalue weighted by atomic mass is 10.0. The molecular formula is C26H26N2O2S. The summed E-state index contributed by atoms with van der Waals surface area (Å²) in [6.07, 6.45) is 1.97. The summed E-state index contributed by atoms with van der Waals surface area (Å²) >= 11 is 1.43. The van der Waals surface area contributed by atoms with Crippen LogP contribution in [0.1, 0.15) is 30.5 Å². The Morgan fingerprint density at radius 2 is 1.81 bits per heavy atom. The number of aliphatic imine (C=N–C) groups is 1. The summed E-state index contributed by atoms with van der Waals surface area (Å²) in [6.45, 7) is 9.25. The lowest BCUT2D eigenvalue weighted by Gasteiger charge is -2.13. The Labute approximate surface area is 187 Å². The van der Waals surface area contributed by atoms with Crippen LogP contribution in [0.15, 0.2) is 64.5 Å². The van der Waals surface area contributed by atoms with E-state index in [2.05, 4.69) is 37.3 Å². The summed E-state index contributed by atoms with van der Waals surface area (Å²) in [7, 11) is 0. The summed E-state index contributed by atoms with van der Waals surface area (Å²) in [5, 5.41) is 2.84. The number of hydrogen-bond acceptors (Lipinski definition) is 4. The first-order valence-corrected chi connectivity index (χ1v) is 11.3. The zero-order valence-corrected chi connectivity index (χ0v) is 19.1. The van der Waals surface area contributed by atoms with Gasteiger partial charge in [0.05, 0.1) is 17.2 Å². The van der Waals surface area contributed by atoms with E-state index >= 15 is 0 Å².